The van der Waals surface area contributed by atoms with Gasteiger partial charge >= 0.3 is 0 Å². The van der Waals surface area contributed by atoms with Crippen LogP contribution in [0.25, 0.3) is 11.1 Å². The van der Waals surface area contributed by atoms with Gasteiger partial charge in [0.2, 0.25) is 0 Å². The molecular formula is C16H13N. The minimum absolute atomic E-state index is 0.722. The Morgan fingerprint density at radius 1 is 0.941 bits per heavy atom. The summed E-state index contributed by atoms with van der Waals surface area (Å²) >= 11 is 0. The lowest BCUT2D eigenvalue weighted by atomic mass is 10.00. The summed E-state index contributed by atoms with van der Waals surface area (Å²) in [6.07, 6.45) is 2.64. The number of nitriles is 1. The van der Waals surface area contributed by atoms with Gasteiger partial charge in [0.05, 0.1) is 11.6 Å². The zero-order valence-electron chi connectivity index (χ0n) is 9.56. The molecule has 1 aliphatic carbocycles. The lowest BCUT2D eigenvalue weighted by Gasteiger charge is -2.05. The van der Waals surface area contributed by atoms with Gasteiger partial charge in [-0.3, -0.25) is 0 Å². The van der Waals surface area contributed by atoms with Crippen molar-refractivity contribution >= 4 is 0 Å². The van der Waals surface area contributed by atoms with Crippen LogP contribution in [0.3, 0.4) is 0 Å². The van der Waals surface area contributed by atoms with E-state index < -0.39 is 0 Å². The third kappa shape index (κ3) is 2.07. The van der Waals surface area contributed by atoms with Crippen molar-refractivity contribution in [2.45, 2.75) is 18.8 Å². The predicted molar refractivity (Wildman–Crippen MR) is 68.6 cm³/mol. The van der Waals surface area contributed by atoms with Crippen molar-refractivity contribution in [1.29, 1.82) is 5.26 Å². The molecule has 0 radical (unpaired) electrons. The molecule has 0 saturated heterocycles. The van der Waals surface area contributed by atoms with E-state index in [0.29, 0.717) is 0 Å². The third-order valence-electron chi connectivity index (χ3n) is 3.26. The van der Waals surface area contributed by atoms with Crippen molar-refractivity contribution in [2.24, 2.45) is 0 Å². The first-order chi connectivity index (χ1) is 8.36. The Hall–Kier alpha value is -2.07. The largest absolute Gasteiger partial charge is 0.192 e. The molecule has 0 heterocycles. The van der Waals surface area contributed by atoms with Crippen LogP contribution in [0.4, 0.5) is 0 Å². The number of hydrogen-bond acceptors (Lipinski definition) is 1. The van der Waals surface area contributed by atoms with Gasteiger partial charge in [-0.05, 0) is 47.6 Å². The summed E-state index contributed by atoms with van der Waals surface area (Å²) in [4.78, 5) is 0. The van der Waals surface area contributed by atoms with Crippen molar-refractivity contribution < 1.29 is 0 Å². The average molecular weight is 219 g/mol. The molecule has 0 aromatic heterocycles. The molecule has 0 N–H and O–H groups in total. The Kier molecular flexibility index (Phi) is 2.42. The molecule has 3 rings (SSSR count). The Labute approximate surface area is 101 Å². The van der Waals surface area contributed by atoms with E-state index in [1.165, 1.54) is 24.0 Å². The monoisotopic (exact) mass is 219 g/mol. The topological polar surface area (TPSA) is 23.8 Å². The quantitative estimate of drug-likeness (QED) is 0.745. The van der Waals surface area contributed by atoms with E-state index in [0.717, 1.165) is 17.0 Å². The molecule has 82 valence electrons. The van der Waals surface area contributed by atoms with Crippen LogP contribution in [0.1, 0.15) is 29.9 Å². The molecule has 0 bridgehead atoms. The second-order valence-electron chi connectivity index (χ2n) is 4.59. The smallest absolute Gasteiger partial charge is 0.0991 e. The molecule has 1 aliphatic rings. The van der Waals surface area contributed by atoms with Crippen molar-refractivity contribution in [3.8, 4) is 17.2 Å². The second kappa shape index (κ2) is 4.07. The molecular weight excluding hydrogens is 206 g/mol. The molecule has 0 aliphatic heterocycles. The van der Waals surface area contributed by atoms with Gasteiger partial charge in [0.1, 0.15) is 0 Å². The number of hydrogen-bond donors (Lipinski definition) is 0. The highest BCUT2D eigenvalue weighted by Gasteiger charge is 2.23. The van der Waals surface area contributed by atoms with E-state index >= 15 is 0 Å². The minimum atomic E-state index is 0.722. The molecule has 2 aromatic rings. The highest BCUT2D eigenvalue weighted by atomic mass is 14.3. The first-order valence-electron chi connectivity index (χ1n) is 5.97. The first kappa shape index (κ1) is 10.1. The Morgan fingerprint density at radius 3 is 2.35 bits per heavy atom. The minimum Gasteiger partial charge on any atom is -0.192 e. The summed E-state index contributed by atoms with van der Waals surface area (Å²) in [6.45, 7) is 0. The van der Waals surface area contributed by atoms with Crippen molar-refractivity contribution in [1.82, 2.24) is 0 Å². The van der Waals surface area contributed by atoms with Crippen molar-refractivity contribution in [2.75, 3.05) is 0 Å². The van der Waals surface area contributed by atoms with Gasteiger partial charge in [0.25, 0.3) is 0 Å². The van der Waals surface area contributed by atoms with Crippen LogP contribution in [-0.2, 0) is 0 Å². The van der Waals surface area contributed by atoms with Crippen molar-refractivity contribution in [3.05, 3.63) is 59.7 Å². The van der Waals surface area contributed by atoms with Gasteiger partial charge in [0.15, 0.2) is 0 Å². The zero-order valence-corrected chi connectivity index (χ0v) is 9.56. The molecule has 0 amide bonds. The van der Waals surface area contributed by atoms with Gasteiger partial charge < -0.3 is 0 Å². The summed E-state index contributed by atoms with van der Waals surface area (Å²) < 4.78 is 0. The van der Waals surface area contributed by atoms with Crippen LogP contribution in [0.5, 0.6) is 0 Å². The molecule has 1 fully saturated rings. The van der Waals surface area contributed by atoms with Crippen LogP contribution in [0.2, 0.25) is 0 Å². The van der Waals surface area contributed by atoms with Gasteiger partial charge in [-0.2, -0.15) is 5.26 Å². The van der Waals surface area contributed by atoms with E-state index in [1.54, 1.807) is 0 Å². The molecule has 0 spiro atoms. The summed E-state index contributed by atoms with van der Waals surface area (Å²) in [7, 11) is 0. The lowest BCUT2D eigenvalue weighted by Crippen LogP contribution is -1.83. The maximum absolute atomic E-state index is 8.91. The highest BCUT2D eigenvalue weighted by molar-refractivity contribution is 5.66. The summed E-state index contributed by atoms with van der Waals surface area (Å²) in [5, 5.41) is 8.91. The highest BCUT2D eigenvalue weighted by Crippen LogP contribution is 2.41. The van der Waals surface area contributed by atoms with E-state index in [-0.39, 0.29) is 0 Å². The Morgan fingerprint density at radius 2 is 1.65 bits per heavy atom. The SMILES string of the molecule is N#Cc1cccc(-c2cccc(C3CC3)c2)c1. The average Bonchev–Trinajstić information content (AvgIpc) is 3.23. The third-order valence-corrected chi connectivity index (χ3v) is 3.26. The fraction of sp³-hybridized carbons (Fsp3) is 0.188. The predicted octanol–water partition coefficient (Wildman–Crippen LogP) is 4.10. The molecule has 17 heavy (non-hydrogen) atoms. The zero-order chi connectivity index (χ0) is 11.7. The van der Waals surface area contributed by atoms with E-state index in [4.69, 9.17) is 5.26 Å². The van der Waals surface area contributed by atoms with Gasteiger partial charge in [-0.1, -0.05) is 36.4 Å². The molecule has 1 saturated carbocycles. The molecule has 2 aromatic carbocycles. The molecule has 0 unspecified atom stereocenters. The Balaban J connectivity index is 2.02. The van der Waals surface area contributed by atoms with Gasteiger partial charge in [-0.25, -0.2) is 0 Å². The maximum Gasteiger partial charge on any atom is 0.0991 e. The standard InChI is InChI=1S/C16H13N/c17-11-12-3-1-4-14(9-12)16-6-2-5-15(10-16)13-7-8-13/h1-6,9-10,13H,7-8H2. The van der Waals surface area contributed by atoms with Crippen LogP contribution in [-0.4, -0.2) is 0 Å². The van der Waals surface area contributed by atoms with Crippen LogP contribution < -0.4 is 0 Å². The van der Waals surface area contributed by atoms with Gasteiger partial charge in [-0.15, -0.1) is 0 Å². The van der Waals surface area contributed by atoms with Crippen LogP contribution in [0, 0.1) is 11.3 Å². The molecule has 1 heteroatoms. The van der Waals surface area contributed by atoms with Crippen molar-refractivity contribution in [3.63, 3.8) is 0 Å². The fourth-order valence-corrected chi connectivity index (χ4v) is 2.16. The van der Waals surface area contributed by atoms with Crippen LogP contribution >= 0.6 is 0 Å². The first-order valence-corrected chi connectivity index (χ1v) is 5.97. The Bertz CT molecular complexity index is 588. The summed E-state index contributed by atoms with van der Waals surface area (Å²) in [5.41, 5.74) is 4.50. The van der Waals surface area contributed by atoms with E-state index in [2.05, 4.69) is 36.4 Å². The normalized spacial score (nSPS) is 14.3. The molecule has 0 atom stereocenters. The molecule has 1 nitrogen and oxygen atoms in total. The number of nitrogens with zero attached hydrogens (tertiary/aromatic N) is 1. The second-order valence-corrected chi connectivity index (χ2v) is 4.59. The summed E-state index contributed by atoms with van der Waals surface area (Å²) in [6, 6.07) is 18.7. The van der Waals surface area contributed by atoms with Crippen LogP contribution in [0.15, 0.2) is 48.5 Å². The number of benzene rings is 2. The van der Waals surface area contributed by atoms with E-state index in [9.17, 15) is 0 Å². The number of rotatable bonds is 2. The van der Waals surface area contributed by atoms with Gasteiger partial charge in [0, 0.05) is 0 Å². The van der Waals surface area contributed by atoms with E-state index in [1.807, 2.05) is 18.2 Å². The summed E-state index contributed by atoms with van der Waals surface area (Å²) in [5.74, 6) is 0.772. The fourth-order valence-electron chi connectivity index (χ4n) is 2.16. The lowest BCUT2D eigenvalue weighted by molar-refractivity contribution is 1.13. The maximum atomic E-state index is 8.91.